The molecule has 1 amide bonds. The summed E-state index contributed by atoms with van der Waals surface area (Å²) in [6, 6.07) is 8.53. The largest absolute Gasteiger partial charge is 0.508 e. The number of nitrogens with two attached hydrogens (primary N) is 1. The van der Waals surface area contributed by atoms with Crippen molar-refractivity contribution in [2.45, 2.75) is 25.9 Å². The molecule has 0 aliphatic carbocycles. The van der Waals surface area contributed by atoms with Crippen LogP contribution in [0.1, 0.15) is 31.0 Å². The van der Waals surface area contributed by atoms with Crippen LogP contribution in [0.25, 0.3) is 5.57 Å². The minimum Gasteiger partial charge on any atom is -0.508 e. The van der Waals surface area contributed by atoms with Gasteiger partial charge < -0.3 is 15.7 Å². The molecule has 3 rings (SSSR count). The van der Waals surface area contributed by atoms with E-state index in [1.165, 1.54) is 6.07 Å². The highest BCUT2D eigenvalue weighted by molar-refractivity contribution is 5.87. The number of rotatable bonds is 4. The summed E-state index contributed by atoms with van der Waals surface area (Å²) >= 11 is 0. The van der Waals surface area contributed by atoms with Crippen molar-refractivity contribution < 1.29 is 18.7 Å². The van der Waals surface area contributed by atoms with Gasteiger partial charge >= 0.3 is 0 Å². The molecular weight excluding hydrogens is 350 g/mol. The second-order valence-electron chi connectivity index (χ2n) is 7.09. The summed E-state index contributed by atoms with van der Waals surface area (Å²) in [5.74, 6) is -1.39. The fourth-order valence-electron chi connectivity index (χ4n) is 3.21. The SMILES string of the molecule is CC(C)C(N)C(=O)N1CC(c2cc(F)ccc2F)=CC1c1cccc(O)c1. The maximum Gasteiger partial charge on any atom is 0.240 e. The molecule has 2 atom stereocenters. The number of aromatic hydroxyl groups is 1. The minimum atomic E-state index is -0.713. The van der Waals surface area contributed by atoms with Gasteiger partial charge in [-0.25, -0.2) is 8.78 Å². The van der Waals surface area contributed by atoms with Gasteiger partial charge in [-0.1, -0.05) is 32.1 Å². The Morgan fingerprint density at radius 1 is 1.22 bits per heavy atom. The van der Waals surface area contributed by atoms with Crippen molar-refractivity contribution in [2.24, 2.45) is 11.7 Å². The number of halogens is 2. The van der Waals surface area contributed by atoms with Gasteiger partial charge in [-0.05, 0) is 47.4 Å². The first-order chi connectivity index (χ1) is 12.8. The highest BCUT2D eigenvalue weighted by Gasteiger charge is 2.35. The Kier molecular flexibility index (Phi) is 5.28. The van der Waals surface area contributed by atoms with Gasteiger partial charge in [0.2, 0.25) is 5.91 Å². The maximum absolute atomic E-state index is 14.3. The second kappa shape index (κ2) is 7.48. The monoisotopic (exact) mass is 372 g/mol. The smallest absolute Gasteiger partial charge is 0.240 e. The van der Waals surface area contributed by atoms with Gasteiger partial charge in [0.1, 0.15) is 17.4 Å². The normalized spacial score (nSPS) is 17.9. The van der Waals surface area contributed by atoms with E-state index >= 15 is 0 Å². The molecule has 0 saturated carbocycles. The molecule has 0 spiro atoms. The number of carbonyl (C=O) groups excluding carboxylic acids is 1. The molecule has 0 bridgehead atoms. The number of hydrogen-bond donors (Lipinski definition) is 2. The molecule has 142 valence electrons. The van der Waals surface area contributed by atoms with E-state index in [-0.39, 0.29) is 29.7 Å². The first-order valence-electron chi connectivity index (χ1n) is 8.79. The Labute approximate surface area is 156 Å². The van der Waals surface area contributed by atoms with Crippen LogP contribution in [0.3, 0.4) is 0 Å². The van der Waals surface area contributed by atoms with E-state index in [4.69, 9.17) is 5.73 Å². The molecule has 1 heterocycles. The Bertz CT molecular complexity index is 896. The van der Waals surface area contributed by atoms with Crippen molar-refractivity contribution in [2.75, 3.05) is 6.54 Å². The first-order valence-corrected chi connectivity index (χ1v) is 8.79. The van der Waals surface area contributed by atoms with Crippen LogP contribution in [0, 0.1) is 17.6 Å². The molecule has 0 radical (unpaired) electrons. The third-order valence-electron chi connectivity index (χ3n) is 4.81. The number of phenols is 1. The Morgan fingerprint density at radius 3 is 2.63 bits per heavy atom. The third kappa shape index (κ3) is 3.85. The molecule has 27 heavy (non-hydrogen) atoms. The molecule has 3 N–H and O–H groups in total. The van der Waals surface area contributed by atoms with Gasteiger partial charge in [-0.15, -0.1) is 0 Å². The number of hydrogen-bond acceptors (Lipinski definition) is 3. The zero-order chi connectivity index (χ0) is 19.7. The van der Waals surface area contributed by atoms with Crippen LogP contribution in [-0.4, -0.2) is 28.5 Å². The Balaban J connectivity index is 2.04. The molecule has 1 aliphatic heterocycles. The molecular formula is C21H22F2N2O2. The summed E-state index contributed by atoms with van der Waals surface area (Å²) in [7, 11) is 0. The summed E-state index contributed by atoms with van der Waals surface area (Å²) in [5.41, 5.74) is 7.35. The average Bonchev–Trinajstić information content (AvgIpc) is 3.07. The summed E-state index contributed by atoms with van der Waals surface area (Å²) in [5, 5.41) is 9.80. The van der Waals surface area contributed by atoms with E-state index in [0.29, 0.717) is 11.1 Å². The molecule has 4 nitrogen and oxygen atoms in total. The van der Waals surface area contributed by atoms with E-state index in [9.17, 15) is 18.7 Å². The Morgan fingerprint density at radius 2 is 1.96 bits per heavy atom. The van der Waals surface area contributed by atoms with Crippen molar-refractivity contribution in [1.29, 1.82) is 0 Å². The fraction of sp³-hybridized carbons (Fsp3) is 0.286. The minimum absolute atomic E-state index is 0.0619. The lowest BCUT2D eigenvalue weighted by atomic mass is 10.0. The quantitative estimate of drug-likeness (QED) is 0.861. The first kappa shape index (κ1) is 19.0. The number of amides is 1. The molecule has 2 unspecified atom stereocenters. The highest BCUT2D eigenvalue weighted by Crippen LogP contribution is 2.37. The number of phenolic OH excluding ortho intramolecular Hbond substituents is 1. The van der Waals surface area contributed by atoms with Crippen molar-refractivity contribution in [3.8, 4) is 5.75 Å². The van der Waals surface area contributed by atoms with E-state index in [1.54, 1.807) is 29.2 Å². The van der Waals surface area contributed by atoms with Gasteiger partial charge in [-0.3, -0.25) is 4.79 Å². The van der Waals surface area contributed by atoms with Gasteiger partial charge in [0, 0.05) is 12.1 Å². The summed E-state index contributed by atoms with van der Waals surface area (Å²) < 4.78 is 27.9. The lowest BCUT2D eigenvalue weighted by molar-refractivity contribution is -0.134. The predicted molar refractivity (Wildman–Crippen MR) is 99.7 cm³/mol. The molecule has 1 aliphatic rings. The second-order valence-corrected chi connectivity index (χ2v) is 7.09. The average molecular weight is 372 g/mol. The van der Waals surface area contributed by atoms with E-state index in [0.717, 1.165) is 18.2 Å². The number of carbonyl (C=O) groups is 1. The zero-order valence-corrected chi connectivity index (χ0v) is 15.2. The van der Waals surface area contributed by atoms with Crippen LogP contribution in [0.2, 0.25) is 0 Å². The molecule has 0 fully saturated rings. The standard InChI is InChI=1S/C21H22F2N2O2/c1-12(2)20(24)21(27)25-11-14(17-10-15(22)6-7-18(17)23)9-19(25)13-4-3-5-16(26)8-13/h3-10,12,19-20,26H,11,24H2,1-2H3. The van der Waals surface area contributed by atoms with E-state index in [1.807, 2.05) is 13.8 Å². The van der Waals surface area contributed by atoms with Crippen molar-refractivity contribution in [3.05, 3.63) is 71.3 Å². The summed E-state index contributed by atoms with van der Waals surface area (Å²) in [6.07, 6.45) is 1.72. The lowest BCUT2D eigenvalue weighted by Crippen LogP contribution is -2.46. The van der Waals surface area contributed by atoms with Gasteiger partial charge in [0.15, 0.2) is 0 Å². The van der Waals surface area contributed by atoms with Crippen LogP contribution in [0.5, 0.6) is 5.75 Å². The van der Waals surface area contributed by atoms with Crippen molar-refractivity contribution in [3.63, 3.8) is 0 Å². The zero-order valence-electron chi connectivity index (χ0n) is 15.2. The fourth-order valence-corrected chi connectivity index (χ4v) is 3.21. The summed E-state index contributed by atoms with van der Waals surface area (Å²) in [6.45, 7) is 3.81. The van der Waals surface area contributed by atoms with Crippen LogP contribution in [-0.2, 0) is 4.79 Å². The molecule has 2 aromatic carbocycles. The van der Waals surface area contributed by atoms with Crippen LogP contribution >= 0.6 is 0 Å². The maximum atomic E-state index is 14.3. The lowest BCUT2D eigenvalue weighted by Gasteiger charge is -2.29. The van der Waals surface area contributed by atoms with Crippen molar-refractivity contribution >= 4 is 11.5 Å². The molecule has 2 aromatic rings. The van der Waals surface area contributed by atoms with Gasteiger partial charge in [0.25, 0.3) is 0 Å². The van der Waals surface area contributed by atoms with Gasteiger partial charge in [0.05, 0.1) is 12.1 Å². The molecule has 0 aromatic heterocycles. The van der Waals surface area contributed by atoms with E-state index in [2.05, 4.69) is 0 Å². The van der Waals surface area contributed by atoms with Gasteiger partial charge in [-0.2, -0.15) is 0 Å². The highest BCUT2D eigenvalue weighted by atomic mass is 19.1. The predicted octanol–water partition coefficient (Wildman–Crippen LogP) is 3.62. The van der Waals surface area contributed by atoms with Crippen LogP contribution in [0.15, 0.2) is 48.5 Å². The molecule has 0 saturated heterocycles. The third-order valence-corrected chi connectivity index (χ3v) is 4.81. The topological polar surface area (TPSA) is 66.6 Å². The van der Waals surface area contributed by atoms with Crippen LogP contribution < -0.4 is 5.73 Å². The Hall–Kier alpha value is -2.73. The number of nitrogens with zero attached hydrogens (tertiary/aromatic N) is 1. The van der Waals surface area contributed by atoms with Crippen molar-refractivity contribution in [1.82, 2.24) is 4.90 Å². The molecule has 6 heteroatoms. The summed E-state index contributed by atoms with van der Waals surface area (Å²) in [4.78, 5) is 14.5. The van der Waals surface area contributed by atoms with Crippen LogP contribution in [0.4, 0.5) is 8.78 Å². The number of benzene rings is 2. The van der Waals surface area contributed by atoms with E-state index < -0.39 is 23.7 Å².